The van der Waals surface area contributed by atoms with Crippen molar-refractivity contribution in [2.75, 3.05) is 229 Å². The Hall–Kier alpha value is -5.34. The second kappa shape index (κ2) is 93.2. The van der Waals surface area contributed by atoms with Crippen molar-refractivity contribution in [3.05, 3.63) is 98.4 Å². The molecule has 5 fully saturated rings. The molecule has 114 heavy (non-hydrogen) atoms. The van der Waals surface area contributed by atoms with Gasteiger partial charge in [-0.2, -0.15) is 39.5 Å². The zero-order valence-electron chi connectivity index (χ0n) is 70.5. The van der Waals surface area contributed by atoms with Gasteiger partial charge in [-0.25, -0.2) is 0 Å². The summed E-state index contributed by atoms with van der Waals surface area (Å²) in [6, 6.07) is 2.65. The Bertz CT molecular complexity index is 2290. The van der Waals surface area contributed by atoms with Crippen molar-refractivity contribution in [3.8, 4) is 5.75 Å². The summed E-state index contributed by atoms with van der Waals surface area (Å²) in [7, 11) is 13.7. The van der Waals surface area contributed by atoms with Crippen LogP contribution in [0.25, 0.3) is 6.08 Å². The van der Waals surface area contributed by atoms with Gasteiger partial charge in [-0.15, -0.1) is 0 Å². The fraction of sp³-hybridized carbons (Fsp3) is 0.765. The van der Waals surface area contributed by atoms with Crippen LogP contribution in [0, 0.1) is 0 Å². The van der Waals surface area contributed by atoms with Crippen LogP contribution in [0.1, 0.15) is 155 Å². The maximum atomic E-state index is 11.9. The SMILES string of the molecule is C=COCCCCOC.C=COCCOC.C=Cc1ccc(OCCCCCCCCC)cc1.CCCCCCOCC1(CC)CO1.COC(F)=C(F)F.COCC1CO1.COCCCC(=O)OCC1CO1.COCCCCOC(F)=C(F)F.COCCCCOCC1CO1.COCCOC(F)=C(F)F.COCCOCC1CO1. The fourth-order valence-corrected chi connectivity index (χ4v) is 7.46. The maximum Gasteiger partial charge on any atom is 0.342 e. The van der Waals surface area contributed by atoms with Crippen LogP contribution in [0.4, 0.5) is 39.5 Å². The Kier molecular flexibility index (Phi) is 95.8. The molecule has 1 aromatic rings. The van der Waals surface area contributed by atoms with Gasteiger partial charge in [-0.3, -0.25) is 4.79 Å². The number of halogens is 9. The Morgan fingerprint density at radius 3 is 1.20 bits per heavy atom. The first-order valence-electron chi connectivity index (χ1n) is 38.8. The molecule has 0 bridgehead atoms. The maximum absolute atomic E-state index is 11.9. The van der Waals surface area contributed by atoms with Gasteiger partial charge in [0.05, 0.1) is 125 Å². The molecule has 6 rings (SSSR count). The predicted octanol–water partition coefficient (Wildman–Crippen LogP) is 17.7. The molecule has 5 heterocycles. The first-order valence-corrected chi connectivity index (χ1v) is 38.8. The molecule has 5 atom stereocenters. The van der Waals surface area contributed by atoms with Crippen molar-refractivity contribution in [2.45, 2.75) is 179 Å². The van der Waals surface area contributed by atoms with Gasteiger partial charge >= 0.3 is 42.3 Å². The van der Waals surface area contributed by atoms with Crippen LogP contribution in [0.5, 0.6) is 5.75 Å². The minimum absolute atomic E-state index is 0.0491. The van der Waals surface area contributed by atoms with E-state index in [4.69, 9.17) is 80.5 Å². The van der Waals surface area contributed by atoms with Crippen LogP contribution >= 0.6 is 0 Å². The van der Waals surface area contributed by atoms with E-state index in [1.165, 1.54) is 91.0 Å². The molecule has 0 aliphatic carbocycles. The van der Waals surface area contributed by atoms with Crippen molar-refractivity contribution < 1.29 is 153 Å². The summed E-state index contributed by atoms with van der Waals surface area (Å²) in [6.45, 7) is 33.4. The lowest BCUT2D eigenvalue weighted by Gasteiger charge is -2.09. The smallest absolute Gasteiger partial charge is 0.342 e. The lowest BCUT2D eigenvalue weighted by atomic mass is 10.1. The normalized spacial score (nSPS) is 16.0. The molecule has 0 spiro atoms. The average molecular weight is 1670 g/mol. The standard InChI is InChI=1S/C17H26O.C11H22O2.C8H14O4.C8H16O3.C7H11F3O2.C7H14O2.C6H12O3.C5H7F3O2.C5H10O2.C4H8O2.C3H3F3O/c1-3-5-6-7-8-9-10-15-18-17-13-11-16(4-2)12-14-17;1-3-5-6-7-8-12-9-11(4-2)10-13-11;1-10-4-2-3-8(9)12-6-7-5-11-7;1-9-4-2-3-5-10-6-8-7-11-8;1-11-4-2-3-5-12-7(10)6(8)9;1-3-9-7-5-4-6-8-2;1-7-2-3-8-4-6-5-9-6;1-9-2-3-10-5(8)4(6)7;1-3-7-5-4-6-2;1-5-2-4-3-6-4;1-7-3(6)2(4)5/h4,11-14H,2-3,5-10,15H2,1H3;3-10H2,1-2H3;7H,2-6H2,1H3;8H,2-7H2,1H3;2-5H2,1H3;3H,1,4-7H2,2H3;6H,2-5H2,1H3;2-3H2,1H3;3H,1,4-5H2,2H3;4H,2-3H2,1H3;1H3. The van der Waals surface area contributed by atoms with E-state index in [9.17, 15) is 44.3 Å². The lowest BCUT2D eigenvalue weighted by molar-refractivity contribution is -0.144. The highest BCUT2D eigenvalue weighted by Gasteiger charge is 2.43. The fourth-order valence-electron chi connectivity index (χ4n) is 7.46. The highest BCUT2D eigenvalue weighted by molar-refractivity contribution is 5.69. The highest BCUT2D eigenvalue weighted by Crippen LogP contribution is 2.30. The van der Waals surface area contributed by atoms with Crippen LogP contribution in [-0.4, -0.2) is 265 Å². The number of methoxy groups -OCH3 is 9. The molecule has 0 N–H and O–H groups in total. The van der Waals surface area contributed by atoms with Crippen LogP contribution in [0.3, 0.4) is 0 Å². The molecular weight excluding hydrogens is 1530 g/mol. The van der Waals surface area contributed by atoms with Crippen LogP contribution < -0.4 is 4.74 Å². The van der Waals surface area contributed by atoms with Crippen LogP contribution in [-0.2, 0) is 109 Å². The molecule has 1 aromatic carbocycles. The van der Waals surface area contributed by atoms with E-state index in [0.717, 1.165) is 162 Å². The number of benzene rings is 1. The molecule has 0 amide bonds. The minimum Gasteiger partial charge on any atom is -0.502 e. The number of ether oxygens (including phenoxy) is 23. The number of rotatable bonds is 59. The van der Waals surface area contributed by atoms with Gasteiger partial charge in [0.15, 0.2) is 0 Å². The van der Waals surface area contributed by atoms with Gasteiger partial charge < -0.3 is 109 Å². The molecule has 0 saturated carbocycles. The number of carbonyl (C=O) groups is 1. The first-order chi connectivity index (χ1) is 55.2. The summed E-state index contributed by atoms with van der Waals surface area (Å²) in [4.78, 5) is 10.9. The molecule has 5 aliphatic heterocycles. The molecule has 33 heteroatoms. The number of hydrogen-bond donors (Lipinski definition) is 0. The van der Waals surface area contributed by atoms with E-state index in [2.05, 4.69) is 68.9 Å². The molecule has 24 nitrogen and oxygen atoms in total. The summed E-state index contributed by atoms with van der Waals surface area (Å²) in [6.07, 6.45) is 20.9. The van der Waals surface area contributed by atoms with Gasteiger partial charge in [0, 0.05) is 103 Å². The second-order valence-corrected chi connectivity index (χ2v) is 24.5. The van der Waals surface area contributed by atoms with Crippen LogP contribution in [0.15, 0.2) is 92.8 Å². The topological polar surface area (TPSA) is 246 Å². The quantitative estimate of drug-likeness (QED) is 0.0193. The van der Waals surface area contributed by atoms with Gasteiger partial charge in [-0.1, -0.05) is 117 Å². The van der Waals surface area contributed by atoms with E-state index in [-0.39, 0.29) is 37.5 Å². The van der Waals surface area contributed by atoms with Crippen LogP contribution in [0.2, 0.25) is 0 Å². The third-order valence-electron chi connectivity index (χ3n) is 14.5. The van der Waals surface area contributed by atoms with Gasteiger partial charge in [-0.05, 0) is 81.9 Å². The van der Waals surface area contributed by atoms with Gasteiger partial charge in [0.2, 0.25) is 0 Å². The molecule has 5 saturated heterocycles. The zero-order valence-corrected chi connectivity index (χ0v) is 70.5. The predicted molar refractivity (Wildman–Crippen MR) is 420 cm³/mol. The second-order valence-electron chi connectivity index (χ2n) is 24.5. The number of hydrogen-bond acceptors (Lipinski definition) is 24. The van der Waals surface area contributed by atoms with E-state index < -0.39 is 36.3 Å². The van der Waals surface area contributed by atoms with Crippen molar-refractivity contribution >= 4 is 12.0 Å². The molecule has 5 unspecified atom stereocenters. The molecular formula is C81H143F9O24. The lowest BCUT2D eigenvalue weighted by Crippen LogP contribution is -2.18. The van der Waals surface area contributed by atoms with Gasteiger partial charge in [0.1, 0.15) is 55.6 Å². The summed E-state index contributed by atoms with van der Waals surface area (Å²) in [5, 5.41) is 0. The van der Waals surface area contributed by atoms with Crippen molar-refractivity contribution in [2.24, 2.45) is 0 Å². The van der Waals surface area contributed by atoms with Crippen molar-refractivity contribution in [3.63, 3.8) is 0 Å². The highest BCUT2D eigenvalue weighted by atomic mass is 19.3. The summed E-state index contributed by atoms with van der Waals surface area (Å²) >= 11 is 0. The third-order valence-corrected chi connectivity index (χ3v) is 14.5. The molecule has 0 radical (unpaired) electrons. The zero-order chi connectivity index (χ0) is 86.0. The Balaban J connectivity index is -0.000000387. The summed E-state index contributed by atoms with van der Waals surface area (Å²) in [5.41, 5.74) is 1.25. The summed E-state index contributed by atoms with van der Waals surface area (Å²) in [5.74, 6) is 0.800. The Labute approximate surface area is 675 Å². The number of epoxide rings is 5. The number of carbonyl (C=O) groups excluding carboxylic acids is 1. The average Bonchev–Trinajstić information content (AvgIpc) is 1.68. The molecule has 0 aromatic heterocycles. The monoisotopic (exact) mass is 1670 g/mol. The largest absolute Gasteiger partial charge is 0.502 e. The minimum atomic E-state index is -2.45. The van der Waals surface area contributed by atoms with E-state index in [1.54, 1.807) is 42.7 Å². The van der Waals surface area contributed by atoms with Crippen molar-refractivity contribution in [1.82, 2.24) is 0 Å². The van der Waals surface area contributed by atoms with Gasteiger partial charge in [0.25, 0.3) is 0 Å². The Morgan fingerprint density at radius 2 is 0.781 bits per heavy atom. The van der Waals surface area contributed by atoms with Crippen molar-refractivity contribution in [1.29, 1.82) is 0 Å². The first kappa shape index (κ1) is 117. The molecule has 674 valence electrons. The third kappa shape index (κ3) is 101. The van der Waals surface area contributed by atoms with E-state index in [0.29, 0.717) is 83.8 Å². The van der Waals surface area contributed by atoms with E-state index >= 15 is 0 Å². The summed E-state index contributed by atoms with van der Waals surface area (Å²) < 4.78 is 212. The molecule has 5 aliphatic rings. The number of unbranched alkanes of at least 4 members (excludes halogenated alkanes) is 12. The Morgan fingerprint density at radius 1 is 0.404 bits per heavy atom. The van der Waals surface area contributed by atoms with E-state index in [1.807, 2.05) is 30.3 Å². The number of esters is 1.